The first-order chi connectivity index (χ1) is 9.03. The summed E-state index contributed by atoms with van der Waals surface area (Å²) in [6.45, 7) is 0.678. The van der Waals surface area contributed by atoms with Crippen LogP contribution in [-0.2, 0) is 9.59 Å². The molecular formula is C14H21NO4. The first-order valence-electron chi connectivity index (χ1n) is 6.92. The molecule has 1 heterocycles. The van der Waals surface area contributed by atoms with Crippen LogP contribution in [0.3, 0.4) is 0 Å². The summed E-state index contributed by atoms with van der Waals surface area (Å²) in [6.07, 6.45) is 8.09. The second-order valence-electron chi connectivity index (χ2n) is 5.49. The smallest absolute Gasteiger partial charge is 0.335 e. The quantitative estimate of drug-likeness (QED) is 0.736. The van der Waals surface area contributed by atoms with Gasteiger partial charge in [-0.2, -0.15) is 0 Å². The fourth-order valence-electron chi connectivity index (χ4n) is 2.79. The zero-order valence-corrected chi connectivity index (χ0v) is 11.0. The van der Waals surface area contributed by atoms with Crippen molar-refractivity contribution in [3.05, 3.63) is 12.2 Å². The summed E-state index contributed by atoms with van der Waals surface area (Å²) in [7, 11) is 0. The molecule has 1 aliphatic carbocycles. The first-order valence-corrected chi connectivity index (χ1v) is 6.92. The normalized spacial score (nSPS) is 23.9. The zero-order chi connectivity index (χ0) is 13.9. The molecule has 2 aliphatic rings. The lowest BCUT2D eigenvalue weighted by Gasteiger charge is -2.36. The number of hydrogen-bond acceptors (Lipinski definition) is 3. The standard InChI is InChI=1S/C14H21NO4/c16-12(11-5-3-1-2-4-6-11)15-9-7-14(19,8-10-15)13(17)18/h1-2,11,19H,3-10H2,(H,17,18). The Kier molecular flexibility index (Phi) is 4.24. The van der Waals surface area contributed by atoms with E-state index in [4.69, 9.17) is 5.11 Å². The van der Waals surface area contributed by atoms with Gasteiger partial charge in [-0.1, -0.05) is 12.2 Å². The van der Waals surface area contributed by atoms with Gasteiger partial charge < -0.3 is 15.1 Å². The maximum atomic E-state index is 12.4. The molecule has 106 valence electrons. The summed E-state index contributed by atoms with van der Waals surface area (Å²) in [6, 6.07) is 0. The number of piperidine rings is 1. The van der Waals surface area contributed by atoms with E-state index in [0.717, 1.165) is 25.7 Å². The maximum Gasteiger partial charge on any atom is 0.335 e. The van der Waals surface area contributed by atoms with Crippen LogP contribution in [0.1, 0.15) is 38.5 Å². The second kappa shape index (κ2) is 5.74. The minimum Gasteiger partial charge on any atom is -0.479 e. The molecule has 0 bridgehead atoms. The summed E-state index contributed by atoms with van der Waals surface area (Å²) in [5, 5.41) is 18.8. The molecule has 1 amide bonds. The van der Waals surface area contributed by atoms with E-state index in [1.807, 2.05) is 0 Å². The number of carboxylic acid groups (broad SMARTS) is 1. The van der Waals surface area contributed by atoms with Gasteiger partial charge in [0.05, 0.1) is 0 Å². The lowest BCUT2D eigenvalue weighted by molar-refractivity contribution is -0.166. The van der Waals surface area contributed by atoms with Crippen LogP contribution in [0.2, 0.25) is 0 Å². The second-order valence-corrected chi connectivity index (χ2v) is 5.49. The third-order valence-corrected chi connectivity index (χ3v) is 4.18. The Bertz CT molecular complexity index is 373. The van der Waals surface area contributed by atoms with E-state index in [1.165, 1.54) is 0 Å². The highest BCUT2D eigenvalue weighted by atomic mass is 16.4. The highest BCUT2D eigenvalue weighted by Crippen LogP contribution is 2.26. The van der Waals surface area contributed by atoms with Gasteiger partial charge in [0.2, 0.25) is 5.91 Å². The van der Waals surface area contributed by atoms with Gasteiger partial charge in [0, 0.05) is 31.8 Å². The van der Waals surface area contributed by atoms with Crippen LogP contribution in [0.15, 0.2) is 12.2 Å². The van der Waals surface area contributed by atoms with Crippen molar-refractivity contribution in [3.8, 4) is 0 Å². The molecule has 0 saturated carbocycles. The SMILES string of the molecule is O=C(C1CCC=CCC1)N1CCC(O)(C(=O)O)CC1. The number of aliphatic hydroxyl groups is 1. The van der Waals surface area contributed by atoms with Gasteiger partial charge in [0.1, 0.15) is 0 Å². The zero-order valence-electron chi connectivity index (χ0n) is 11.0. The number of aliphatic carboxylic acids is 1. The van der Waals surface area contributed by atoms with Crippen LogP contribution in [0.25, 0.3) is 0 Å². The molecule has 2 rings (SSSR count). The van der Waals surface area contributed by atoms with Gasteiger partial charge in [-0.25, -0.2) is 4.79 Å². The molecule has 0 spiro atoms. The summed E-state index contributed by atoms with van der Waals surface area (Å²) >= 11 is 0. The number of rotatable bonds is 2. The van der Waals surface area contributed by atoms with Crippen LogP contribution in [0.4, 0.5) is 0 Å². The van der Waals surface area contributed by atoms with Crippen LogP contribution >= 0.6 is 0 Å². The van der Waals surface area contributed by atoms with Crippen LogP contribution in [0, 0.1) is 5.92 Å². The molecule has 0 aromatic rings. The van der Waals surface area contributed by atoms with Crippen molar-refractivity contribution in [3.63, 3.8) is 0 Å². The Balaban J connectivity index is 1.90. The minimum atomic E-state index is -1.65. The number of hydrogen-bond donors (Lipinski definition) is 2. The molecule has 0 radical (unpaired) electrons. The average Bonchev–Trinajstić information content (AvgIpc) is 2.67. The highest BCUT2D eigenvalue weighted by Gasteiger charge is 2.41. The third kappa shape index (κ3) is 3.15. The van der Waals surface area contributed by atoms with Gasteiger partial charge >= 0.3 is 5.97 Å². The predicted octanol–water partition coefficient (Wildman–Crippen LogP) is 1.17. The monoisotopic (exact) mass is 267 g/mol. The van der Waals surface area contributed by atoms with Gasteiger partial charge in [-0.3, -0.25) is 4.79 Å². The van der Waals surface area contributed by atoms with Crippen molar-refractivity contribution in [1.82, 2.24) is 4.90 Å². The molecule has 0 atom stereocenters. The third-order valence-electron chi connectivity index (χ3n) is 4.18. The molecule has 1 fully saturated rings. The Labute approximate surface area is 112 Å². The van der Waals surface area contributed by atoms with Gasteiger partial charge in [-0.15, -0.1) is 0 Å². The van der Waals surface area contributed by atoms with Crippen molar-refractivity contribution in [2.24, 2.45) is 5.92 Å². The van der Waals surface area contributed by atoms with E-state index < -0.39 is 11.6 Å². The molecule has 1 aliphatic heterocycles. The fraction of sp³-hybridized carbons (Fsp3) is 0.714. The van der Waals surface area contributed by atoms with Crippen molar-refractivity contribution in [2.45, 2.75) is 44.1 Å². The lowest BCUT2D eigenvalue weighted by Crippen LogP contribution is -2.51. The minimum absolute atomic E-state index is 0.0472. The molecule has 0 aromatic heterocycles. The molecule has 5 nitrogen and oxygen atoms in total. The molecular weight excluding hydrogens is 246 g/mol. The Morgan fingerprint density at radius 1 is 1.11 bits per heavy atom. The number of carboxylic acids is 1. The van der Waals surface area contributed by atoms with Gasteiger partial charge in [0.15, 0.2) is 5.60 Å². The fourth-order valence-corrected chi connectivity index (χ4v) is 2.79. The first kappa shape index (κ1) is 14.1. The topological polar surface area (TPSA) is 77.8 Å². The summed E-state index contributed by atoms with van der Waals surface area (Å²) in [5.41, 5.74) is -1.65. The van der Waals surface area contributed by atoms with E-state index in [2.05, 4.69) is 12.2 Å². The van der Waals surface area contributed by atoms with Gasteiger partial charge in [0.25, 0.3) is 0 Å². The molecule has 0 aromatic carbocycles. The summed E-state index contributed by atoms with van der Waals surface area (Å²) < 4.78 is 0. The van der Waals surface area contributed by atoms with E-state index in [9.17, 15) is 14.7 Å². The van der Waals surface area contributed by atoms with E-state index in [0.29, 0.717) is 13.1 Å². The number of carbonyl (C=O) groups is 2. The number of allylic oxidation sites excluding steroid dienone is 2. The van der Waals surface area contributed by atoms with Crippen molar-refractivity contribution in [1.29, 1.82) is 0 Å². The number of amides is 1. The Morgan fingerprint density at radius 2 is 1.63 bits per heavy atom. The molecule has 2 N–H and O–H groups in total. The lowest BCUT2D eigenvalue weighted by atomic mass is 9.90. The van der Waals surface area contributed by atoms with E-state index in [1.54, 1.807) is 4.90 Å². The van der Waals surface area contributed by atoms with E-state index >= 15 is 0 Å². The largest absolute Gasteiger partial charge is 0.479 e. The molecule has 5 heteroatoms. The molecule has 1 saturated heterocycles. The van der Waals surface area contributed by atoms with Gasteiger partial charge in [-0.05, 0) is 25.7 Å². The van der Waals surface area contributed by atoms with Crippen LogP contribution < -0.4 is 0 Å². The summed E-state index contributed by atoms with van der Waals surface area (Å²) in [5.74, 6) is -1.01. The van der Waals surface area contributed by atoms with Crippen molar-refractivity contribution < 1.29 is 19.8 Å². The predicted molar refractivity (Wildman–Crippen MR) is 69.5 cm³/mol. The number of likely N-dealkylation sites (tertiary alicyclic amines) is 1. The van der Waals surface area contributed by atoms with Crippen LogP contribution in [0.5, 0.6) is 0 Å². The summed E-state index contributed by atoms with van der Waals surface area (Å²) in [4.78, 5) is 25.0. The highest BCUT2D eigenvalue weighted by molar-refractivity contribution is 5.81. The molecule has 19 heavy (non-hydrogen) atoms. The Morgan fingerprint density at radius 3 is 2.11 bits per heavy atom. The average molecular weight is 267 g/mol. The van der Waals surface area contributed by atoms with Crippen LogP contribution in [-0.4, -0.2) is 45.7 Å². The van der Waals surface area contributed by atoms with E-state index in [-0.39, 0.29) is 24.7 Å². The molecule has 0 unspecified atom stereocenters. The number of carbonyl (C=O) groups excluding carboxylic acids is 1. The Hall–Kier alpha value is -1.36. The number of nitrogens with zero attached hydrogens (tertiary/aromatic N) is 1. The van der Waals surface area contributed by atoms with Crippen molar-refractivity contribution >= 4 is 11.9 Å². The van der Waals surface area contributed by atoms with Crippen molar-refractivity contribution in [2.75, 3.05) is 13.1 Å². The maximum absolute atomic E-state index is 12.4.